The van der Waals surface area contributed by atoms with Gasteiger partial charge in [-0.1, -0.05) is 61.3 Å². The summed E-state index contributed by atoms with van der Waals surface area (Å²) in [6, 6.07) is 15.1. The standard InChI is InChI=1S/C28H29Cl2N3O3/c1-28(2)13-22-26(23(34)14-28)25(19(15-31)27(32)33(22)10-11-35-3)17-8-9-24(21(30)12-17)36-16-18-6-4-5-7-20(18)29/h4-9,12,25H,10-11,13-14,16,32H2,1-3H3/t25-/m1/s1. The van der Waals surface area contributed by atoms with Crippen molar-refractivity contribution in [1.29, 1.82) is 5.26 Å². The van der Waals surface area contributed by atoms with Crippen molar-refractivity contribution in [2.75, 3.05) is 20.3 Å². The lowest BCUT2D eigenvalue weighted by molar-refractivity contribution is -0.118. The maximum Gasteiger partial charge on any atom is 0.162 e. The number of hydrogen-bond acceptors (Lipinski definition) is 6. The van der Waals surface area contributed by atoms with E-state index in [0.29, 0.717) is 58.8 Å². The molecule has 2 aliphatic rings. The van der Waals surface area contributed by atoms with Gasteiger partial charge >= 0.3 is 0 Å². The molecule has 0 bridgehead atoms. The fourth-order valence-corrected chi connectivity index (χ4v) is 5.36. The van der Waals surface area contributed by atoms with E-state index in [0.717, 1.165) is 16.8 Å². The van der Waals surface area contributed by atoms with E-state index < -0.39 is 5.92 Å². The second kappa shape index (κ2) is 10.6. The van der Waals surface area contributed by atoms with Gasteiger partial charge in [0, 0.05) is 41.9 Å². The SMILES string of the molecule is COCCN1C(N)=C(C#N)[C@@H](c2ccc(OCc3ccccc3Cl)c(Cl)c2)C2=C1CC(C)(C)CC2=O. The number of rotatable bonds is 7. The Kier molecular flexibility index (Phi) is 7.65. The van der Waals surface area contributed by atoms with Gasteiger partial charge in [-0.15, -0.1) is 0 Å². The topological polar surface area (TPSA) is 88.6 Å². The number of ketones is 1. The highest BCUT2D eigenvalue weighted by Crippen LogP contribution is 2.49. The van der Waals surface area contributed by atoms with Gasteiger partial charge in [-0.05, 0) is 35.6 Å². The number of carbonyl (C=O) groups excluding carboxylic acids is 1. The average Bonchev–Trinajstić information content (AvgIpc) is 2.82. The number of allylic oxidation sites excluding steroid dienone is 3. The van der Waals surface area contributed by atoms with Gasteiger partial charge in [0.1, 0.15) is 18.2 Å². The molecule has 1 heterocycles. The van der Waals surface area contributed by atoms with Crippen LogP contribution < -0.4 is 10.5 Å². The summed E-state index contributed by atoms with van der Waals surface area (Å²) in [5, 5.41) is 11.1. The third kappa shape index (κ3) is 5.10. The van der Waals surface area contributed by atoms with Crippen molar-refractivity contribution in [2.45, 2.75) is 39.2 Å². The molecule has 6 nitrogen and oxygen atoms in total. The summed E-state index contributed by atoms with van der Waals surface area (Å²) < 4.78 is 11.2. The van der Waals surface area contributed by atoms with Gasteiger partial charge in [-0.3, -0.25) is 4.79 Å². The van der Waals surface area contributed by atoms with Gasteiger partial charge in [0.25, 0.3) is 0 Å². The Morgan fingerprint density at radius 1 is 1.17 bits per heavy atom. The molecule has 8 heteroatoms. The molecule has 0 amide bonds. The summed E-state index contributed by atoms with van der Waals surface area (Å²) in [4.78, 5) is 15.4. The number of carbonyl (C=O) groups is 1. The number of hydrogen-bond donors (Lipinski definition) is 1. The zero-order valence-electron chi connectivity index (χ0n) is 20.6. The molecular formula is C28H29Cl2N3O3. The van der Waals surface area contributed by atoms with E-state index in [1.54, 1.807) is 25.3 Å². The van der Waals surface area contributed by atoms with Crippen LogP contribution in [0.15, 0.2) is 65.1 Å². The minimum absolute atomic E-state index is 0.0177. The van der Waals surface area contributed by atoms with Crippen LogP contribution in [-0.4, -0.2) is 30.9 Å². The van der Waals surface area contributed by atoms with E-state index in [4.69, 9.17) is 38.4 Å². The monoisotopic (exact) mass is 525 g/mol. The van der Waals surface area contributed by atoms with Crippen LogP contribution in [0.25, 0.3) is 0 Å². The molecule has 2 N–H and O–H groups in total. The quantitative estimate of drug-likeness (QED) is 0.479. The molecule has 36 heavy (non-hydrogen) atoms. The fraction of sp³-hybridized carbons (Fsp3) is 0.357. The largest absolute Gasteiger partial charge is 0.487 e. The van der Waals surface area contributed by atoms with Crippen molar-refractivity contribution in [3.63, 3.8) is 0 Å². The number of nitriles is 1. The van der Waals surface area contributed by atoms with Gasteiger partial charge in [-0.2, -0.15) is 5.26 Å². The van der Waals surface area contributed by atoms with Crippen molar-refractivity contribution < 1.29 is 14.3 Å². The Morgan fingerprint density at radius 3 is 2.58 bits per heavy atom. The Balaban J connectivity index is 1.73. The second-order valence-corrected chi connectivity index (χ2v) is 10.7. The van der Waals surface area contributed by atoms with Gasteiger partial charge < -0.3 is 20.1 Å². The molecule has 0 radical (unpaired) electrons. The molecular weight excluding hydrogens is 497 g/mol. The summed E-state index contributed by atoms with van der Waals surface area (Å²) in [6.07, 6.45) is 1.06. The Hall–Kier alpha value is -2.98. The summed E-state index contributed by atoms with van der Waals surface area (Å²) in [6.45, 7) is 5.27. The first-order valence-electron chi connectivity index (χ1n) is 11.7. The number of methoxy groups -OCH3 is 1. The van der Waals surface area contributed by atoms with Crippen LogP contribution in [0.1, 0.15) is 43.7 Å². The predicted octanol–water partition coefficient (Wildman–Crippen LogP) is 5.96. The molecule has 2 aromatic rings. The van der Waals surface area contributed by atoms with Gasteiger partial charge in [-0.25, -0.2) is 0 Å². The van der Waals surface area contributed by atoms with Gasteiger partial charge in [0.05, 0.1) is 29.2 Å². The molecule has 0 saturated heterocycles. The molecule has 1 atom stereocenters. The highest BCUT2D eigenvalue weighted by molar-refractivity contribution is 6.32. The molecule has 0 spiro atoms. The normalized spacial score (nSPS) is 19.3. The first kappa shape index (κ1) is 26.1. The highest BCUT2D eigenvalue weighted by atomic mass is 35.5. The van der Waals surface area contributed by atoms with E-state index in [-0.39, 0.29) is 17.8 Å². The first-order chi connectivity index (χ1) is 17.2. The lowest BCUT2D eigenvalue weighted by atomic mass is 9.68. The number of Topliss-reactive ketones (excluding diaryl/α,β-unsaturated/α-hetero) is 1. The number of ether oxygens (including phenoxy) is 2. The van der Waals surface area contributed by atoms with Crippen molar-refractivity contribution in [1.82, 2.24) is 4.90 Å². The molecule has 1 aliphatic heterocycles. The summed E-state index contributed by atoms with van der Waals surface area (Å²) in [7, 11) is 1.61. The molecule has 0 fully saturated rings. The number of halogens is 2. The third-order valence-electron chi connectivity index (χ3n) is 6.64. The third-order valence-corrected chi connectivity index (χ3v) is 7.30. The average molecular weight is 526 g/mol. The van der Waals surface area contributed by atoms with Gasteiger partial charge in [0.2, 0.25) is 0 Å². The van der Waals surface area contributed by atoms with E-state index in [1.807, 2.05) is 29.2 Å². The Labute approximate surface area is 221 Å². The smallest absolute Gasteiger partial charge is 0.162 e. The molecule has 0 aromatic heterocycles. The number of nitrogens with two attached hydrogens (primary N) is 1. The van der Waals surface area contributed by atoms with Crippen molar-refractivity contribution in [2.24, 2.45) is 11.1 Å². The van der Waals surface area contributed by atoms with Crippen LogP contribution in [0.3, 0.4) is 0 Å². The Bertz CT molecular complexity index is 1290. The van der Waals surface area contributed by atoms with E-state index in [1.165, 1.54) is 0 Å². The van der Waals surface area contributed by atoms with Crippen molar-refractivity contribution >= 4 is 29.0 Å². The zero-order chi connectivity index (χ0) is 26.0. The molecule has 0 unspecified atom stereocenters. The molecule has 0 saturated carbocycles. The summed E-state index contributed by atoms with van der Waals surface area (Å²) >= 11 is 12.9. The van der Waals surface area contributed by atoms with Crippen LogP contribution in [0, 0.1) is 16.7 Å². The van der Waals surface area contributed by atoms with Crippen LogP contribution >= 0.6 is 23.2 Å². The predicted molar refractivity (Wildman–Crippen MR) is 140 cm³/mol. The molecule has 4 rings (SSSR count). The minimum Gasteiger partial charge on any atom is -0.487 e. The van der Waals surface area contributed by atoms with Crippen LogP contribution in [0.5, 0.6) is 5.75 Å². The highest BCUT2D eigenvalue weighted by Gasteiger charge is 2.44. The number of benzene rings is 2. The van der Waals surface area contributed by atoms with E-state index in [9.17, 15) is 10.1 Å². The minimum atomic E-state index is -0.595. The second-order valence-electron chi connectivity index (χ2n) is 9.86. The van der Waals surface area contributed by atoms with E-state index in [2.05, 4.69) is 19.9 Å². The van der Waals surface area contributed by atoms with Crippen molar-refractivity contribution in [3.05, 3.63) is 86.3 Å². The van der Waals surface area contributed by atoms with Gasteiger partial charge in [0.15, 0.2) is 5.78 Å². The summed E-state index contributed by atoms with van der Waals surface area (Å²) in [5.41, 5.74) is 9.69. The Morgan fingerprint density at radius 2 is 1.92 bits per heavy atom. The first-order valence-corrected chi connectivity index (χ1v) is 12.5. The summed E-state index contributed by atoms with van der Waals surface area (Å²) in [5.74, 6) is 0.254. The maximum absolute atomic E-state index is 13.5. The lowest BCUT2D eigenvalue weighted by Crippen LogP contribution is -2.43. The molecule has 2 aromatic carbocycles. The zero-order valence-corrected chi connectivity index (χ0v) is 22.1. The molecule has 1 aliphatic carbocycles. The van der Waals surface area contributed by atoms with Crippen LogP contribution in [0.4, 0.5) is 0 Å². The molecule has 188 valence electrons. The maximum atomic E-state index is 13.5. The van der Waals surface area contributed by atoms with Crippen LogP contribution in [-0.2, 0) is 16.1 Å². The van der Waals surface area contributed by atoms with E-state index >= 15 is 0 Å². The van der Waals surface area contributed by atoms with Crippen molar-refractivity contribution in [3.8, 4) is 11.8 Å². The fourth-order valence-electron chi connectivity index (χ4n) is 4.93. The number of nitrogens with zero attached hydrogens (tertiary/aromatic N) is 2. The van der Waals surface area contributed by atoms with Crippen LogP contribution in [0.2, 0.25) is 10.0 Å². The lowest BCUT2D eigenvalue weighted by Gasteiger charge is -2.43.